The predicted molar refractivity (Wildman–Crippen MR) is 146 cm³/mol. The summed E-state index contributed by atoms with van der Waals surface area (Å²) >= 11 is 0. The first-order chi connectivity index (χ1) is 17.0. The lowest BCUT2D eigenvalue weighted by Gasteiger charge is -2.46. The van der Waals surface area contributed by atoms with E-state index in [0.29, 0.717) is 5.92 Å². The lowest BCUT2D eigenvalue weighted by molar-refractivity contribution is -0.256. The minimum absolute atomic E-state index is 0.0686. The smallest absolute Gasteiger partial charge is 0.335 e. The highest BCUT2D eigenvalue weighted by Crippen LogP contribution is 2.73. The molecule has 5 fully saturated rings. The summed E-state index contributed by atoms with van der Waals surface area (Å²) in [6.45, 7) is 24.4. The lowest BCUT2D eigenvalue weighted by Crippen LogP contribution is -2.66. The summed E-state index contributed by atoms with van der Waals surface area (Å²) in [5, 5.41) is 23.1. The average molecular weight is 557 g/mol. The molecule has 214 valence electrons. The predicted octanol–water partition coefficient (Wildman–Crippen LogP) is 5.37. The molecule has 2 saturated heterocycles. The molecule has 0 aromatic rings. The molecule has 3 saturated carbocycles. The van der Waals surface area contributed by atoms with E-state index in [9.17, 15) is 10.2 Å². The molecule has 5 aliphatic rings. The van der Waals surface area contributed by atoms with Crippen LogP contribution in [0.5, 0.6) is 0 Å². The van der Waals surface area contributed by atoms with Crippen molar-refractivity contribution in [3.8, 4) is 0 Å². The third-order valence-corrected chi connectivity index (χ3v) is 21.9. The van der Waals surface area contributed by atoms with E-state index in [4.69, 9.17) is 22.4 Å². The molecule has 1 unspecified atom stereocenters. The second-order valence-electron chi connectivity index (χ2n) is 14.7. The molecule has 37 heavy (non-hydrogen) atoms. The third kappa shape index (κ3) is 3.54. The van der Waals surface area contributed by atoms with Gasteiger partial charge in [-0.1, -0.05) is 76.2 Å². The van der Waals surface area contributed by atoms with Crippen molar-refractivity contribution in [2.24, 2.45) is 16.7 Å². The fourth-order valence-corrected chi connectivity index (χ4v) is 20.1. The van der Waals surface area contributed by atoms with Crippen LogP contribution in [0.15, 0.2) is 0 Å². The minimum Gasteiger partial charge on any atom is -0.414 e. The molecule has 9 heteroatoms. The maximum atomic E-state index is 11.6. The molecule has 3 aliphatic carbocycles. The summed E-state index contributed by atoms with van der Waals surface area (Å²) < 4.78 is 35.5. The summed E-state index contributed by atoms with van der Waals surface area (Å²) in [6, 6.07) is 0. The Labute approximate surface area is 226 Å². The van der Waals surface area contributed by atoms with Crippen LogP contribution in [-0.2, 0) is 22.4 Å². The van der Waals surface area contributed by atoms with E-state index in [-0.39, 0.29) is 33.0 Å². The molecule has 2 aliphatic heterocycles. The fraction of sp³-hybridized carbons (Fsp3) is 1.00. The largest absolute Gasteiger partial charge is 0.414 e. The summed E-state index contributed by atoms with van der Waals surface area (Å²) in [5.41, 5.74) is 0.550. The van der Waals surface area contributed by atoms with E-state index >= 15 is 0 Å². The van der Waals surface area contributed by atoms with Gasteiger partial charge < -0.3 is 32.7 Å². The van der Waals surface area contributed by atoms with Gasteiger partial charge >= 0.3 is 17.1 Å². The first-order valence-corrected chi connectivity index (χ1v) is 18.7. The highest BCUT2D eigenvalue weighted by Gasteiger charge is 2.77. The van der Waals surface area contributed by atoms with Crippen LogP contribution in [-0.4, -0.2) is 69.7 Å². The van der Waals surface area contributed by atoms with Gasteiger partial charge in [0.25, 0.3) is 0 Å². The molecule has 7 nitrogen and oxygen atoms in total. The van der Waals surface area contributed by atoms with E-state index < -0.39 is 59.5 Å². The number of rotatable bonds is 4. The number of aliphatic hydroxyl groups excluding tert-OH is 2. The summed E-state index contributed by atoms with van der Waals surface area (Å²) in [5.74, 6) is -0.280. The van der Waals surface area contributed by atoms with Gasteiger partial charge in [0, 0.05) is 11.8 Å². The fourth-order valence-electron chi connectivity index (χ4n) is 8.77. The highest BCUT2D eigenvalue weighted by molar-refractivity contribution is 6.84. The van der Waals surface area contributed by atoms with Crippen LogP contribution in [0.1, 0.15) is 95.4 Å². The normalized spacial score (nSPS) is 47.8. The first-order valence-electron chi connectivity index (χ1n) is 14.8. The third-order valence-electron chi connectivity index (χ3n) is 11.6. The van der Waals surface area contributed by atoms with Crippen molar-refractivity contribution >= 4 is 17.1 Å². The maximum Gasteiger partial charge on any atom is 0.335 e. The van der Waals surface area contributed by atoms with Gasteiger partial charge in [-0.3, -0.25) is 0 Å². The zero-order valence-corrected chi connectivity index (χ0v) is 26.9. The van der Waals surface area contributed by atoms with Crippen LogP contribution in [0.2, 0.25) is 22.2 Å². The standard InChI is InChI=1S/C28H52O7Si2/c1-15(2)36(16(3)4)33-23-21(30)20(29)22-24(25(23)34-37(35-36,17(5)6)18(7)8)32-28(31-22)14-19-12-13-27(28,11)26(19,9)10/h15-25,29-30H,12-14H2,1-11H3/t19-,20+,21+,22-,23-,24-,25+,27-,28?/m0/s1. The Hall–Kier alpha value is 0.154. The van der Waals surface area contributed by atoms with Crippen LogP contribution >= 0.6 is 0 Å². The molecule has 1 spiro atoms. The number of ether oxygens (including phenoxy) is 2. The Morgan fingerprint density at radius 3 is 1.57 bits per heavy atom. The minimum atomic E-state index is -2.89. The molecule has 9 atom stereocenters. The number of hydrogen-bond donors (Lipinski definition) is 2. The first kappa shape index (κ1) is 28.7. The van der Waals surface area contributed by atoms with Crippen molar-refractivity contribution in [2.45, 2.75) is 160 Å². The Kier molecular flexibility index (Phi) is 6.84. The summed E-state index contributed by atoms with van der Waals surface area (Å²) in [6.07, 6.45) is -1.70. The Morgan fingerprint density at radius 2 is 1.14 bits per heavy atom. The van der Waals surface area contributed by atoms with E-state index in [2.05, 4.69) is 76.2 Å². The highest BCUT2D eigenvalue weighted by atomic mass is 28.5. The van der Waals surface area contributed by atoms with E-state index in [1.165, 1.54) is 6.42 Å². The maximum absolute atomic E-state index is 11.6. The van der Waals surface area contributed by atoms with Crippen molar-refractivity contribution < 1.29 is 32.7 Å². The molecular formula is C28H52O7Si2. The molecule has 0 aromatic carbocycles. The topological polar surface area (TPSA) is 86.6 Å². The van der Waals surface area contributed by atoms with Crippen molar-refractivity contribution in [3.63, 3.8) is 0 Å². The second-order valence-corrected chi connectivity index (χ2v) is 23.5. The van der Waals surface area contributed by atoms with Gasteiger partial charge in [0.2, 0.25) is 0 Å². The van der Waals surface area contributed by atoms with E-state index in [0.717, 1.165) is 12.8 Å². The molecule has 0 amide bonds. The zero-order valence-electron chi connectivity index (χ0n) is 24.9. The van der Waals surface area contributed by atoms with Crippen molar-refractivity contribution in [3.05, 3.63) is 0 Å². The lowest BCUT2D eigenvalue weighted by atomic mass is 9.68. The van der Waals surface area contributed by atoms with E-state index in [1.807, 2.05) is 0 Å². The number of hydrogen-bond acceptors (Lipinski definition) is 7. The van der Waals surface area contributed by atoms with Gasteiger partial charge in [0.05, 0.1) is 0 Å². The average Bonchev–Trinajstić information content (AvgIpc) is 3.27. The molecule has 5 rings (SSSR count). The van der Waals surface area contributed by atoms with Crippen LogP contribution in [0.4, 0.5) is 0 Å². The second kappa shape index (κ2) is 8.82. The van der Waals surface area contributed by atoms with Gasteiger partial charge in [-0.05, 0) is 46.3 Å². The molecule has 2 N–H and O–H groups in total. The van der Waals surface area contributed by atoms with Crippen LogP contribution in [0.25, 0.3) is 0 Å². The van der Waals surface area contributed by atoms with Crippen LogP contribution in [0.3, 0.4) is 0 Å². The monoisotopic (exact) mass is 556 g/mol. The van der Waals surface area contributed by atoms with Crippen molar-refractivity contribution in [1.82, 2.24) is 0 Å². The number of aliphatic hydroxyl groups is 2. The molecular weight excluding hydrogens is 504 g/mol. The van der Waals surface area contributed by atoms with Gasteiger partial charge in [-0.2, -0.15) is 0 Å². The Bertz CT molecular complexity index is 878. The van der Waals surface area contributed by atoms with E-state index in [1.54, 1.807) is 0 Å². The SMILES string of the molecule is CC(C)[Si]1(C(C)C)O[C@H]2[C@H]3OC4(C[C@@H]5CC[C@@]4(C)C5(C)C)O[C@H]3[C@H](O)[C@@H](O)[C@@H]2O[Si](C(C)C)(C(C)C)O1. The number of fused-ring (bicyclic) bond motifs is 6. The molecule has 0 aromatic heterocycles. The van der Waals surface area contributed by atoms with Gasteiger partial charge in [-0.25, -0.2) is 0 Å². The van der Waals surface area contributed by atoms with Gasteiger partial charge in [0.15, 0.2) is 5.79 Å². The van der Waals surface area contributed by atoms with Crippen molar-refractivity contribution in [1.29, 1.82) is 0 Å². The molecule has 2 heterocycles. The Morgan fingerprint density at radius 1 is 0.676 bits per heavy atom. The van der Waals surface area contributed by atoms with Crippen LogP contribution < -0.4 is 0 Å². The van der Waals surface area contributed by atoms with Crippen LogP contribution in [0, 0.1) is 16.7 Å². The van der Waals surface area contributed by atoms with Gasteiger partial charge in [-0.15, -0.1) is 0 Å². The quantitative estimate of drug-likeness (QED) is 0.450. The van der Waals surface area contributed by atoms with Gasteiger partial charge in [0.1, 0.15) is 36.6 Å². The Balaban J connectivity index is 1.62. The zero-order chi connectivity index (χ0) is 27.5. The van der Waals surface area contributed by atoms with Crippen molar-refractivity contribution in [2.75, 3.05) is 0 Å². The summed E-state index contributed by atoms with van der Waals surface area (Å²) in [4.78, 5) is 0. The molecule has 0 radical (unpaired) electrons. The molecule has 2 bridgehead atoms. The summed E-state index contributed by atoms with van der Waals surface area (Å²) in [7, 11) is -5.77.